The fraction of sp³-hybridized carbons (Fsp3) is 0.364. The average Bonchev–Trinajstić information content (AvgIpc) is 2.89. The summed E-state index contributed by atoms with van der Waals surface area (Å²) in [4.78, 5) is 6.73. The van der Waals surface area contributed by atoms with Crippen molar-refractivity contribution >= 4 is 11.6 Å². The van der Waals surface area contributed by atoms with Crippen LogP contribution >= 0.6 is 0 Å². The van der Waals surface area contributed by atoms with Crippen molar-refractivity contribution in [3.8, 4) is 0 Å². The zero-order valence-corrected chi connectivity index (χ0v) is 11.1. The van der Waals surface area contributed by atoms with Crippen molar-refractivity contribution in [1.29, 1.82) is 0 Å². The van der Waals surface area contributed by atoms with Crippen molar-refractivity contribution in [2.75, 3.05) is 10.7 Å². The quantitative estimate of drug-likeness (QED) is 0.572. The molecule has 2 rings (SSSR count). The van der Waals surface area contributed by atoms with Crippen molar-refractivity contribution < 1.29 is 13.2 Å². The van der Waals surface area contributed by atoms with Crippen LogP contribution in [0.3, 0.4) is 0 Å². The lowest BCUT2D eigenvalue weighted by Crippen LogP contribution is -2.24. The second-order valence-corrected chi connectivity index (χ2v) is 4.38. The smallest absolute Gasteiger partial charge is 0.366 e. The van der Waals surface area contributed by atoms with E-state index >= 15 is 0 Å². The van der Waals surface area contributed by atoms with E-state index in [4.69, 9.17) is 5.84 Å². The minimum Gasteiger partial charge on any atom is -0.366 e. The van der Waals surface area contributed by atoms with Crippen LogP contribution in [-0.4, -0.2) is 25.8 Å². The van der Waals surface area contributed by atoms with Crippen LogP contribution in [-0.2, 0) is 12.7 Å². The number of alkyl halides is 3. The Bertz CT molecular complexity index is 582. The molecule has 0 fully saturated rings. The van der Waals surface area contributed by atoms with Gasteiger partial charge in [-0.2, -0.15) is 18.3 Å². The predicted octanol–water partition coefficient (Wildman–Crippen LogP) is 1.48. The largest absolute Gasteiger partial charge is 0.451 e. The monoisotopic (exact) mass is 301 g/mol. The standard InChI is InChI=1S/C11H14F3N7/c1-7(6-21-4-2-3-16-21)17-8-5-9(20-15)19-10(18-8)11(12,13)14/h2-5,7H,6,15H2,1H3,(H2,17,18,19,20). The maximum atomic E-state index is 12.7. The van der Waals surface area contributed by atoms with Gasteiger partial charge in [-0.05, 0) is 13.0 Å². The second kappa shape index (κ2) is 5.95. The number of hydrazine groups is 1. The Morgan fingerprint density at radius 1 is 1.33 bits per heavy atom. The number of nitrogens with one attached hydrogen (secondary N) is 2. The zero-order chi connectivity index (χ0) is 15.5. The first-order chi connectivity index (χ1) is 9.88. The summed E-state index contributed by atoms with van der Waals surface area (Å²) in [6, 6.07) is 2.87. The number of aromatic nitrogens is 4. The molecule has 10 heteroatoms. The van der Waals surface area contributed by atoms with Crippen molar-refractivity contribution in [3.05, 3.63) is 30.4 Å². The molecule has 21 heavy (non-hydrogen) atoms. The summed E-state index contributed by atoms with van der Waals surface area (Å²) in [5.74, 6) is 3.78. The molecule has 0 amide bonds. The summed E-state index contributed by atoms with van der Waals surface area (Å²) >= 11 is 0. The number of nitrogens with zero attached hydrogens (tertiary/aromatic N) is 4. The average molecular weight is 301 g/mol. The fourth-order valence-corrected chi connectivity index (χ4v) is 1.71. The lowest BCUT2D eigenvalue weighted by Gasteiger charge is -2.16. The molecule has 4 N–H and O–H groups in total. The molecule has 0 bridgehead atoms. The molecule has 0 saturated heterocycles. The molecule has 7 nitrogen and oxygen atoms in total. The van der Waals surface area contributed by atoms with E-state index in [9.17, 15) is 13.2 Å². The van der Waals surface area contributed by atoms with E-state index in [1.807, 2.05) is 0 Å². The molecule has 2 aromatic rings. The fourth-order valence-electron chi connectivity index (χ4n) is 1.71. The number of rotatable bonds is 5. The maximum Gasteiger partial charge on any atom is 0.451 e. The van der Waals surface area contributed by atoms with Crippen molar-refractivity contribution in [3.63, 3.8) is 0 Å². The molecule has 2 heterocycles. The summed E-state index contributed by atoms with van der Waals surface area (Å²) in [7, 11) is 0. The minimum absolute atomic E-state index is 0.0323. The third-order valence-corrected chi connectivity index (χ3v) is 2.54. The van der Waals surface area contributed by atoms with Crippen LogP contribution in [0.4, 0.5) is 24.8 Å². The van der Waals surface area contributed by atoms with E-state index in [-0.39, 0.29) is 17.7 Å². The highest BCUT2D eigenvalue weighted by Crippen LogP contribution is 2.28. The van der Waals surface area contributed by atoms with Gasteiger partial charge in [0.2, 0.25) is 5.82 Å². The molecule has 0 aliphatic carbocycles. The van der Waals surface area contributed by atoms with Crippen LogP contribution in [0.2, 0.25) is 0 Å². The van der Waals surface area contributed by atoms with Gasteiger partial charge >= 0.3 is 6.18 Å². The Balaban J connectivity index is 2.15. The molecule has 0 aliphatic heterocycles. The SMILES string of the molecule is CC(Cn1cccn1)Nc1cc(NN)nc(C(F)(F)F)n1. The molecular weight excluding hydrogens is 287 g/mol. The van der Waals surface area contributed by atoms with Crippen LogP contribution in [0.15, 0.2) is 24.5 Å². The first-order valence-electron chi connectivity index (χ1n) is 6.05. The Hall–Kier alpha value is -2.36. The first kappa shape index (κ1) is 15.0. The molecule has 0 aromatic carbocycles. The van der Waals surface area contributed by atoms with Gasteiger partial charge in [0.15, 0.2) is 0 Å². The van der Waals surface area contributed by atoms with Gasteiger partial charge in [0, 0.05) is 24.5 Å². The normalized spacial score (nSPS) is 13.0. The lowest BCUT2D eigenvalue weighted by atomic mass is 10.3. The third kappa shape index (κ3) is 4.05. The highest BCUT2D eigenvalue weighted by molar-refractivity contribution is 5.47. The van der Waals surface area contributed by atoms with Gasteiger partial charge in [0.25, 0.3) is 0 Å². The summed E-state index contributed by atoms with van der Waals surface area (Å²) < 4.78 is 39.7. The van der Waals surface area contributed by atoms with Crippen LogP contribution in [0, 0.1) is 0 Å². The topological polar surface area (TPSA) is 93.7 Å². The molecule has 0 radical (unpaired) electrons. The number of nitrogen functional groups attached to an aromatic ring is 1. The maximum absolute atomic E-state index is 12.7. The van der Waals surface area contributed by atoms with Gasteiger partial charge in [-0.15, -0.1) is 0 Å². The highest BCUT2D eigenvalue weighted by Gasteiger charge is 2.35. The van der Waals surface area contributed by atoms with Gasteiger partial charge < -0.3 is 10.7 Å². The first-order valence-corrected chi connectivity index (χ1v) is 6.05. The molecule has 114 valence electrons. The predicted molar refractivity (Wildman–Crippen MR) is 70.2 cm³/mol. The molecule has 0 aliphatic rings. The lowest BCUT2D eigenvalue weighted by molar-refractivity contribution is -0.144. The number of nitrogens with two attached hydrogens (primary N) is 1. The van der Waals surface area contributed by atoms with Crippen LogP contribution < -0.4 is 16.6 Å². The van der Waals surface area contributed by atoms with E-state index in [1.54, 1.807) is 30.1 Å². The Morgan fingerprint density at radius 2 is 2.05 bits per heavy atom. The van der Waals surface area contributed by atoms with E-state index < -0.39 is 12.0 Å². The van der Waals surface area contributed by atoms with Crippen molar-refractivity contribution in [1.82, 2.24) is 19.7 Å². The second-order valence-electron chi connectivity index (χ2n) is 4.38. The number of hydrogen-bond donors (Lipinski definition) is 3. The van der Waals surface area contributed by atoms with E-state index in [0.29, 0.717) is 6.54 Å². The summed E-state index contributed by atoms with van der Waals surface area (Å²) in [6.07, 6.45) is -1.27. The molecule has 2 aromatic heterocycles. The van der Waals surface area contributed by atoms with Gasteiger partial charge in [0.05, 0.1) is 6.54 Å². The number of anilines is 2. The number of hydrogen-bond acceptors (Lipinski definition) is 6. The minimum atomic E-state index is -4.64. The van der Waals surface area contributed by atoms with E-state index in [2.05, 4.69) is 25.8 Å². The van der Waals surface area contributed by atoms with Crippen LogP contribution in [0.5, 0.6) is 0 Å². The zero-order valence-electron chi connectivity index (χ0n) is 11.1. The number of halogens is 3. The molecule has 1 unspecified atom stereocenters. The van der Waals surface area contributed by atoms with Gasteiger partial charge in [0.1, 0.15) is 11.6 Å². The third-order valence-electron chi connectivity index (χ3n) is 2.54. The van der Waals surface area contributed by atoms with Crippen LogP contribution in [0.1, 0.15) is 12.7 Å². The molecule has 0 saturated carbocycles. The summed E-state index contributed by atoms with van der Waals surface area (Å²) in [5.41, 5.74) is 2.09. The highest BCUT2D eigenvalue weighted by atomic mass is 19.4. The van der Waals surface area contributed by atoms with E-state index in [1.165, 1.54) is 6.07 Å². The summed E-state index contributed by atoms with van der Waals surface area (Å²) in [5, 5.41) is 6.88. The van der Waals surface area contributed by atoms with Crippen molar-refractivity contribution in [2.45, 2.75) is 25.7 Å². The molecule has 1 atom stereocenters. The molecule has 0 spiro atoms. The van der Waals surface area contributed by atoms with Gasteiger partial charge in [-0.1, -0.05) is 0 Å². The molecular formula is C11H14F3N7. The summed E-state index contributed by atoms with van der Waals surface area (Å²) in [6.45, 7) is 2.27. The Kier molecular flexibility index (Phi) is 4.26. The van der Waals surface area contributed by atoms with Crippen molar-refractivity contribution in [2.24, 2.45) is 5.84 Å². The van der Waals surface area contributed by atoms with Gasteiger partial charge in [-0.3, -0.25) is 4.68 Å². The van der Waals surface area contributed by atoms with Gasteiger partial charge in [-0.25, -0.2) is 15.8 Å². The Morgan fingerprint density at radius 3 is 2.62 bits per heavy atom. The van der Waals surface area contributed by atoms with Crippen LogP contribution in [0.25, 0.3) is 0 Å². The Labute approximate surface area is 118 Å². The van der Waals surface area contributed by atoms with E-state index in [0.717, 1.165) is 0 Å².